The van der Waals surface area contributed by atoms with Crippen molar-refractivity contribution in [2.45, 2.75) is 72.2 Å². The SMILES string of the molecule is CCN(CC)CCNC(=O)c1ccc(O[C@@H]2O[C@@H](COC(C)=O)[C@@H](OC(C)=O)[C@@H](OC(C)=O)[C@@H]2OC(C)=O)c(OC)c1. The number of rotatable bonds is 14. The lowest BCUT2D eigenvalue weighted by Crippen LogP contribution is -2.63. The Labute approximate surface area is 244 Å². The van der Waals surface area contributed by atoms with Crippen LogP contribution in [-0.2, 0) is 42.9 Å². The number of likely N-dealkylation sites (N-methyl/N-ethyl adjacent to an activating group) is 1. The molecule has 1 amide bonds. The summed E-state index contributed by atoms with van der Waals surface area (Å²) in [6.07, 6.45) is -6.76. The number of amides is 1. The number of carbonyl (C=O) groups excluding carboxylic acids is 5. The Hall–Kier alpha value is -3.91. The smallest absolute Gasteiger partial charge is 0.303 e. The average molecular weight is 597 g/mol. The van der Waals surface area contributed by atoms with Crippen molar-refractivity contribution in [3.63, 3.8) is 0 Å². The van der Waals surface area contributed by atoms with Gasteiger partial charge in [-0.25, -0.2) is 0 Å². The van der Waals surface area contributed by atoms with Gasteiger partial charge in [-0.2, -0.15) is 0 Å². The summed E-state index contributed by atoms with van der Waals surface area (Å²) in [6, 6.07) is 4.44. The molecule has 0 radical (unpaired) electrons. The highest BCUT2D eigenvalue weighted by atomic mass is 16.7. The number of hydrogen-bond acceptors (Lipinski definition) is 13. The van der Waals surface area contributed by atoms with Crippen molar-refractivity contribution in [3.05, 3.63) is 23.8 Å². The minimum atomic E-state index is -1.45. The molecule has 1 aliphatic rings. The largest absolute Gasteiger partial charge is 0.493 e. The molecule has 1 aromatic rings. The number of ether oxygens (including phenoxy) is 7. The first-order valence-corrected chi connectivity index (χ1v) is 13.6. The van der Waals surface area contributed by atoms with Crippen molar-refractivity contribution in [1.29, 1.82) is 0 Å². The Bertz CT molecular complexity index is 1110. The first kappa shape index (κ1) is 34.3. The van der Waals surface area contributed by atoms with E-state index in [2.05, 4.69) is 10.2 Å². The zero-order valence-corrected chi connectivity index (χ0v) is 25.0. The van der Waals surface area contributed by atoms with Crippen molar-refractivity contribution in [2.24, 2.45) is 0 Å². The number of carbonyl (C=O) groups is 5. The topological polar surface area (TPSA) is 165 Å². The summed E-state index contributed by atoms with van der Waals surface area (Å²) in [4.78, 5) is 62.4. The highest BCUT2D eigenvalue weighted by Gasteiger charge is 2.53. The summed E-state index contributed by atoms with van der Waals surface area (Å²) in [7, 11) is 1.37. The summed E-state index contributed by atoms with van der Waals surface area (Å²) in [6.45, 7) is 11.1. The molecule has 0 bridgehead atoms. The third kappa shape index (κ3) is 10.2. The lowest BCUT2D eigenvalue weighted by Gasteiger charge is -2.44. The molecule has 0 unspecified atom stereocenters. The van der Waals surface area contributed by atoms with E-state index in [4.69, 9.17) is 33.2 Å². The minimum Gasteiger partial charge on any atom is -0.493 e. The van der Waals surface area contributed by atoms with Gasteiger partial charge in [-0.1, -0.05) is 13.8 Å². The van der Waals surface area contributed by atoms with E-state index in [1.807, 2.05) is 13.8 Å². The zero-order chi connectivity index (χ0) is 31.4. The molecular weight excluding hydrogens is 556 g/mol. The van der Waals surface area contributed by atoms with Crippen LogP contribution in [0.3, 0.4) is 0 Å². The minimum absolute atomic E-state index is 0.0955. The normalized spacial score (nSPS) is 21.6. The quantitative estimate of drug-likeness (QED) is 0.241. The summed E-state index contributed by atoms with van der Waals surface area (Å²) >= 11 is 0. The Morgan fingerprint density at radius 1 is 0.833 bits per heavy atom. The lowest BCUT2D eigenvalue weighted by molar-refractivity contribution is -0.288. The second-order valence-electron chi connectivity index (χ2n) is 9.33. The zero-order valence-electron chi connectivity index (χ0n) is 25.0. The highest BCUT2D eigenvalue weighted by Crippen LogP contribution is 2.35. The molecule has 14 nitrogen and oxygen atoms in total. The standard InChI is InChI=1S/C28H40N2O12/c1-8-30(9-2)13-12-29-27(35)20-10-11-21(22(14-20)36-7)41-28-26(40-19(6)34)25(39-18(5)33)24(38-17(4)32)23(42-28)15-37-16(3)31/h10-11,14,23-26,28H,8-9,12-13,15H2,1-7H3,(H,29,35)/t23-,24+,25+,26-,28+/m0/s1. The van der Waals surface area contributed by atoms with Crippen molar-refractivity contribution in [3.8, 4) is 11.5 Å². The number of methoxy groups -OCH3 is 1. The molecule has 42 heavy (non-hydrogen) atoms. The maximum Gasteiger partial charge on any atom is 0.303 e. The van der Waals surface area contributed by atoms with Crippen LogP contribution in [0.15, 0.2) is 18.2 Å². The molecule has 1 N–H and O–H groups in total. The number of hydrogen-bond donors (Lipinski definition) is 1. The van der Waals surface area contributed by atoms with E-state index in [0.717, 1.165) is 33.9 Å². The maximum atomic E-state index is 12.7. The highest BCUT2D eigenvalue weighted by molar-refractivity contribution is 5.94. The van der Waals surface area contributed by atoms with Crippen molar-refractivity contribution in [2.75, 3.05) is 39.9 Å². The second kappa shape index (κ2) is 16.5. The van der Waals surface area contributed by atoms with Gasteiger partial charge in [-0.3, -0.25) is 24.0 Å². The van der Waals surface area contributed by atoms with Crippen LogP contribution in [0.25, 0.3) is 0 Å². The molecule has 1 aliphatic heterocycles. The van der Waals surface area contributed by atoms with E-state index in [9.17, 15) is 24.0 Å². The first-order valence-electron chi connectivity index (χ1n) is 13.6. The molecule has 1 heterocycles. The molecule has 0 aliphatic carbocycles. The van der Waals surface area contributed by atoms with E-state index in [1.54, 1.807) is 0 Å². The molecule has 0 spiro atoms. The molecule has 14 heteroatoms. The lowest BCUT2D eigenvalue weighted by atomic mass is 9.98. The van der Waals surface area contributed by atoms with Crippen LogP contribution in [0.5, 0.6) is 11.5 Å². The van der Waals surface area contributed by atoms with E-state index < -0.39 is 61.2 Å². The van der Waals surface area contributed by atoms with E-state index in [-0.39, 0.29) is 17.4 Å². The Morgan fingerprint density at radius 3 is 1.98 bits per heavy atom. The second-order valence-corrected chi connectivity index (χ2v) is 9.33. The van der Waals surface area contributed by atoms with Gasteiger partial charge in [-0.15, -0.1) is 0 Å². The number of benzene rings is 1. The molecule has 1 saturated heterocycles. The van der Waals surface area contributed by atoms with Crippen molar-refractivity contribution >= 4 is 29.8 Å². The van der Waals surface area contributed by atoms with Gasteiger partial charge in [0.2, 0.25) is 12.4 Å². The van der Waals surface area contributed by atoms with Gasteiger partial charge in [0.15, 0.2) is 23.7 Å². The van der Waals surface area contributed by atoms with Gasteiger partial charge in [0, 0.05) is 46.3 Å². The first-order chi connectivity index (χ1) is 19.9. The fraction of sp³-hybridized carbons (Fsp3) is 0.607. The summed E-state index contributed by atoms with van der Waals surface area (Å²) in [5, 5.41) is 2.86. The average Bonchev–Trinajstić information content (AvgIpc) is 2.92. The fourth-order valence-electron chi connectivity index (χ4n) is 4.28. The summed E-state index contributed by atoms with van der Waals surface area (Å²) in [5.74, 6) is -3.00. The third-order valence-corrected chi connectivity index (χ3v) is 6.23. The van der Waals surface area contributed by atoms with E-state index in [1.165, 1.54) is 32.2 Å². The number of nitrogens with zero attached hydrogens (tertiary/aromatic N) is 1. The van der Waals surface area contributed by atoms with Crippen LogP contribution < -0.4 is 14.8 Å². The molecule has 2 rings (SSSR count). The molecule has 5 atom stereocenters. The van der Waals surface area contributed by atoms with Gasteiger partial charge < -0.3 is 43.4 Å². The summed E-state index contributed by atoms with van der Waals surface area (Å²) < 4.78 is 38.7. The number of esters is 4. The monoisotopic (exact) mass is 596 g/mol. The van der Waals surface area contributed by atoms with E-state index in [0.29, 0.717) is 18.7 Å². The predicted octanol–water partition coefficient (Wildman–Crippen LogP) is 1.23. The van der Waals surface area contributed by atoms with Crippen molar-refractivity contribution < 1.29 is 57.1 Å². The Kier molecular flexibility index (Phi) is 13.5. The fourth-order valence-corrected chi connectivity index (χ4v) is 4.28. The van der Waals surface area contributed by atoms with Crippen LogP contribution in [0.4, 0.5) is 0 Å². The van der Waals surface area contributed by atoms with Gasteiger partial charge in [-0.05, 0) is 31.3 Å². The molecule has 0 saturated carbocycles. The summed E-state index contributed by atoms with van der Waals surface area (Å²) in [5.41, 5.74) is 0.306. The van der Waals surface area contributed by atoms with Gasteiger partial charge in [0.25, 0.3) is 5.91 Å². The molecule has 1 fully saturated rings. The van der Waals surface area contributed by atoms with Crippen molar-refractivity contribution in [1.82, 2.24) is 10.2 Å². The molecular formula is C28H40N2O12. The molecule has 0 aromatic heterocycles. The molecule has 234 valence electrons. The van der Waals surface area contributed by atoms with E-state index >= 15 is 0 Å². The van der Waals surface area contributed by atoms with Crippen LogP contribution >= 0.6 is 0 Å². The van der Waals surface area contributed by atoms with Gasteiger partial charge in [0.1, 0.15) is 12.7 Å². The third-order valence-electron chi connectivity index (χ3n) is 6.23. The van der Waals surface area contributed by atoms with Gasteiger partial charge in [0.05, 0.1) is 7.11 Å². The van der Waals surface area contributed by atoms with Crippen LogP contribution in [0.2, 0.25) is 0 Å². The van der Waals surface area contributed by atoms with Crippen LogP contribution in [0.1, 0.15) is 51.9 Å². The Morgan fingerprint density at radius 2 is 1.43 bits per heavy atom. The predicted molar refractivity (Wildman–Crippen MR) is 146 cm³/mol. The van der Waals surface area contributed by atoms with Crippen LogP contribution in [0, 0.1) is 0 Å². The Balaban J connectivity index is 2.39. The molecule has 1 aromatic carbocycles. The maximum absolute atomic E-state index is 12.7. The number of nitrogens with one attached hydrogen (secondary N) is 1. The van der Waals surface area contributed by atoms with Gasteiger partial charge >= 0.3 is 23.9 Å². The van der Waals surface area contributed by atoms with Crippen LogP contribution in [-0.4, -0.2) is 105 Å².